The summed E-state index contributed by atoms with van der Waals surface area (Å²) in [6, 6.07) is 7.17. The Labute approximate surface area is 84.2 Å². The molecular weight excluding hydrogens is 178 g/mol. The van der Waals surface area contributed by atoms with E-state index in [4.69, 9.17) is 10.8 Å². The van der Waals surface area contributed by atoms with Gasteiger partial charge in [0.1, 0.15) is 5.75 Å². The molecule has 1 aromatic rings. The lowest BCUT2D eigenvalue weighted by Gasteiger charge is -2.10. The van der Waals surface area contributed by atoms with Gasteiger partial charge in [-0.1, -0.05) is 12.1 Å². The van der Waals surface area contributed by atoms with Crippen molar-refractivity contribution >= 4 is 0 Å². The number of aryl methyl sites for hydroxylation is 1. The molecule has 0 aliphatic carbocycles. The summed E-state index contributed by atoms with van der Waals surface area (Å²) >= 11 is 0. The minimum atomic E-state index is 0.134. The number of aliphatic hydroxyl groups is 1. The number of phenolic OH excluding ortho intramolecular Hbond substituents is 1. The molecule has 0 aliphatic rings. The summed E-state index contributed by atoms with van der Waals surface area (Å²) in [4.78, 5) is 0. The van der Waals surface area contributed by atoms with Crippen molar-refractivity contribution in [1.29, 1.82) is 0 Å². The summed E-state index contributed by atoms with van der Waals surface area (Å²) in [5.41, 5.74) is 6.55. The number of hydrogen-bond acceptors (Lipinski definition) is 3. The minimum Gasteiger partial charge on any atom is -0.508 e. The van der Waals surface area contributed by atoms with Gasteiger partial charge in [0.2, 0.25) is 0 Å². The molecule has 0 amide bonds. The number of aliphatic hydroxyl groups excluding tert-OH is 1. The van der Waals surface area contributed by atoms with E-state index in [0.717, 1.165) is 18.4 Å². The maximum atomic E-state index is 9.22. The van der Waals surface area contributed by atoms with Gasteiger partial charge in [0.25, 0.3) is 0 Å². The largest absolute Gasteiger partial charge is 0.508 e. The zero-order valence-corrected chi connectivity index (χ0v) is 8.19. The third-order valence-electron chi connectivity index (χ3n) is 2.34. The maximum Gasteiger partial charge on any atom is 0.115 e. The van der Waals surface area contributed by atoms with Crippen LogP contribution in [-0.2, 0) is 6.42 Å². The van der Waals surface area contributed by atoms with Gasteiger partial charge < -0.3 is 15.9 Å². The molecule has 1 unspecified atom stereocenters. The molecule has 3 nitrogen and oxygen atoms in total. The zero-order valence-electron chi connectivity index (χ0n) is 8.19. The molecule has 0 heterocycles. The first-order valence-corrected chi connectivity index (χ1v) is 4.85. The van der Waals surface area contributed by atoms with E-state index in [0.29, 0.717) is 6.54 Å². The quantitative estimate of drug-likeness (QED) is 0.653. The first kappa shape index (κ1) is 11.0. The van der Waals surface area contributed by atoms with E-state index in [1.165, 1.54) is 0 Å². The number of hydrogen-bond donors (Lipinski definition) is 3. The molecule has 78 valence electrons. The second kappa shape index (κ2) is 5.62. The Bertz CT molecular complexity index is 272. The van der Waals surface area contributed by atoms with E-state index >= 15 is 0 Å². The second-order valence-electron chi connectivity index (χ2n) is 3.49. The van der Waals surface area contributed by atoms with Gasteiger partial charge in [-0.25, -0.2) is 0 Å². The van der Waals surface area contributed by atoms with Crippen molar-refractivity contribution in [3.8, 4) is 5.75 Å². The highest BCUT2D eigenvalue weighted by molar-refractivity contribution is 5.27. The van der Waals surface area contributed by atoms with Gasteiger partial charge in [-0.05, 0) is 43.0 Å². The van der Waals surface area contributed by atoms with Crippen molar-refractivity contribution in [2.75, 3.05) is 13.2 Å². The van der Waals surface area contributed by atoms with E-state index in [-0.39, 0.29) is 18.3 Å². The molecule has 0 fully saturated rings. The lowest BCUT2D eigenvalue weighted by Crippen LogP contribution is -2.18. The van der Waals surface area contributed by atoms with Crippen LogP contribution in [-0.4, -0.2) is 23.4 Å². The van der Waals surface area contributed by atoms with E-state index in [1.54, 1.807) is 12.1 Å². The van der Waals surface area contributed by atoms with Crippen molar-refractivity contribution in [1.82, 2.24) is 0 Å². The fourth-order valence-electron chi connectivity index (χ4n) is 1.37. The van der Waals surface area contributed by atoms with Gasteiger partial charge in [-0.3, -0.25) is 0 Å². The number of rotatable bonds is 5. The van der Waals surface area contributed by atoms with Crippen LogP contribution in [0.15, 0.2) is 24.3 Å². The molecule has 14 heavy (non-hydrogen) atoms. The van der Waals surface area contributed by atoms with Crippen LogP contribution in [0.2, 0.25) is 0 Å². The Balaban J connectivity index is 2.44. The van der Waals surface area contributed by atoms with Crippen LogP contribution < -0.4 is 5.73 Å². The SMILES string of the molecule is NCC(CO)CCc1cccc(O)c1. The molecule has 0 saturated carbocycles. The van der Waals surface area contributed by atoms with Gasteiger partial charge in [0, 0.05) is 6.61 Å². The molecule has 0 bridgehead atoms. The highest BCUT2D eigenvalue weighted by Gasteiger charge is 2.05. The minimum absolute atomic E-state index is 0.134. The van der Waals surface area contributed by atoms with Crippen LogP contribution in [0.1, 0.15) is 12.0 Å². The third-order valence-corrected chi connectivity index (χ3v) is 2.34. The number of benzene rings is 1. The van der Waals surface area contributed by atoms with Crippen LogP contribution in [0.4, 0.5) is 0 Å². The maximum absolute atomic E-state index is 9.22. The van der Waals surface area contributed by atoms with Crippen molar-refractivity contribution in [2.45, 2.75) is 12.8 Å². The number of phenols is 1. The van der Waals surface area contributed by atoms with Gasteiger partial charge in [0.05, 0.1) is 0 Å². The standard InChI is InChI=1S/C11H17NO2/c12-7-10(8-13)5-4-9-2-1-3-11(14)6-9/h1-3,6,10,13-14H,4-5,7-8,12H2. The Morgan fingerprint density at radius 3 is 2.71 bits per heavy atom. The van der Waals surface area contributed by atoms with Crippen molar-refractivity contribution in [3.05, 3.63) is 29.8 Å². The van der Waals surface area contributed by atoms with E-state index in [9.17, 15) is 5.11 Å². The average Bonchev–Trinajstić information content (AvgIpc) is 2.19. The molecule has 0 aromatic heterocycles. The molecule has 0 spiro atoms. The number of nitrogens with two attached hydrogens (primary N) is 1. The van der Waals surface area contributed by atoms with Crippen LogP contribution in [0.5, 0.6) is 5.75 Å². The number of aromatic hydroxyl groups is 1. The van der Waals surface area contributed by atoms with Crippen molar-refractivity contribution in [2.24, 2.45) is 11.7 Å². The molecule has 1 rings (SSSR count). The first-order chi connectivity index (χ1) is 6.76. The van der Waals surface area contributed by atoms with Crippen LogP contribution >= 0.6 is 0 Å². The lowest BCUT2D eigenvalue weighted by molar-refractivity contribution is 0.223. The predicted octanol–water partition coefficient (Wildman–Crippen LogP) is 0.892. The van der Waals surface area contributed by atoms with Crippen LogP contribution in [0, 0.1) is 5.92 Å². The van der Waals surface area contributed by atoms with E-state index in [1.807, 2.05) is 12.1 Å². The lowest BCUT2D eigenvalue weighted by atomic mass is 10.0. The first-order valence-electron chi connectivity index (χ1n) is 4.85. The average molecular weight is 195 g/mol. The summed E-state index contributed by atoms with van der Waals surface area (Å²) in [5, 5.41) is 18.1. The van der Waals surface area contributed by atoms with E-state index in [2.05, 4.69) is 0 Å². The predicted molar refractivity (Wildman–Crippen MR) is 56.1 cm³/mol. The molecule has 0 radical (unpaired) electrons. The van der Waals surface area contributed by atoms with Crippen LogP contribution in [0.3, 0.4) is 0 Å². The smallest absolute Gasteiger partial charge is 0.115 e. The highest BCUT2D eigenvalue weighted by atomic mass is 16.3. The van der Waals surface area contributed by atoms with Crippen molar-refractivity contribution in [3.63, 3.8) is 0 Å². The summed E-state index contributed by atoms with van der Waals surface area (Å²) < 4.78 is 0. The second-order valence-corrected chi connectivity index (χ2v) is 3.49. The Morgan fingerprint density at radius 1 is 1.36 bits per heavy atom. The van der Waals surface area contributed by atoms with Gasteiger partial charge in [-0.2, -0.15) is 0 Å². The van der Waals surface area contributed by atoms with Crippen LogP contribution in [0.25, 0.3) is 0 Å². The normalized spacial score (nSPS) is 12.7. The molecular formula is C11H17NO2. The Hall–Kier alpha value is -1.06. The molecule has 1 atom stereocenters. The zero-order chi connectivity index (χ0) is 10.4. The molecule has 3 heteroatoms. The fraction of sp³-hybridized carbons (Fsp3) is 0.455. The summed E-state index contributed by atoms with van der Waals surface area (Å²) in [6.45, 7) is 0.643. The van der Waals surface area contributed by atoms with Gasteiger partial charge in [-0.15, -0.1) is 0 Å². The monoisotopic (exact) mass is 195 g/mol. The Kier molecular flexibility index (Phi) is 4.43. The van der Waals surface area contributed by atoms with Gasteiger partial charge >= 0.3 is 0 Å². The molecule has 0 aliphatic heterocycles. The van der Waals surface area contributed by atoms with Crippen molar-refractivity contribution < 1.29 is 10.2 Å². The molecule has 0 saturated heterocycles. The summed E-state index contributed by atoms with van der Waals surface area (Å²) in [5.74, 6) is 0.452. The Morgan fingerprint density at radius 2 is 2.14 bits per heavy atom. The van der Waals surface area contributed by atoms with Gasteiger partial charge in [0.15, 0.2) is 0 Å². The summed E-state index contributed by atoms with van der Waals surface area (Å²) in [7, 11) is 0. The molecule has 4 N–H and O–H groups in total. The fourth-order valence-corrected chi connectivity index (χ4v) is 1.37. The third kappa shape index (κ3) is 3.36. The summed E-state index contributed by atoms with van der Waals surface area (Å²) in [6.07, 6.45) is 1.70. The van der Waals surface area contributed by atoms with E-state index < -0.39 is 0 Å². The molecule has 1 aromatic carbocycles. The highest BCUT2D eigenvalue weighted by Crippen LogP contribution is 2.14. The topological polar surface area (TPSA) is 66.5 Å².